The first-order valence-corrected chi connectivity index (χ1v) is 8.69. The zero-order valence-electron chi connectivity index (χ0n) is 15.0. The normalized spacial score (nSPS) is 16.6. The number of guanidine groups is 1. The van der Waals surface area contributed by atoms with Crippen molar-refractivity contribution >= 4 is 5.96 Å². The minimum absolute atomic E-state index is 0.503. The fourth-order valence-corrected chi connectivity index (χ4v) is 3.05. The molecule has 27 heavy (non-hydrogen) atoms. The predicted molar refractivity (Wildman–Crippen MR) is 95.0 cm³/mol. The number of nitrogens with zero attached hydrogens (tertiary/aromatic N) is 4. The highest BCUT2D eigenvalue weighted by Crippen LogP contribution is 2.29. The molecule has 0 saturated carbocycles. The molecule has 9 heteroatoms. The quantitative estimate of drug-likeness (QED) is 0.652. The molecule has 0 radical (unpaired) electrons. The van der Waals surface area contributed by atoms with Gasteiger partial charge in [0.1, 0.15) is 12.0 Å². The number of rotatable bonds is 4. The molecule has 3 rings (SSSR count). The first kappa shape index (κ1) is 19.2. The summed E-state index contributed by atoms with van der Waals surface area (Å²) in [6.45, 7) is 4.02. The van der Waals surface area contributed by atoms with E-state index >= 15 is 0 Å². The smallest absolute Gasteiger partial charge is 0.364 e. The van der Waals surface area contributed by atoms with Gasteiger partial charge in [0, 0.05) is 45.8 Å². The molecular weight excluding hydrogens is 359 g/mol. The lowest BCUT2D eigenvalue weighted by atomic mass is 10.1. The Labute approximate surface area is 155 Å². The standard InChI is InChI=1S/C18H22F3N5O/c1-22-17(23-12-16-5-10-27-24-16)26-8-6-25(7-9-26)13-14-3-2-4-15(11-14)18(19,20)21/h2-5,10-11H,6-9,12-13H2,1H3,(H,22,23). The Morgan fingerprint density at radius 3 is 2.63 bits per heavy atom. The van der Waals surface area contributed by atoms with E-state index in [0.29, 0.717) is 18.7 Å². The molecule has 6 nitrogen and oxygen atoms in total. The number of hydrogen-bond acceptors (Lipinski definition) is 4. The van der Waals surface area contributed by atoms with Gasteiger partial charge in [-0.1, -0.05) is 23.4 Å². The SMILES string of the molecule is CN=C(NCc1ccon1)N1CCN(Cc2cccc(C(F)(F)F)c2)CC1. The molecule has 1 aliphatic rings. The van der Waals surface area contributed by atoms with Crippen LogP contribution < -0.4 is 5.32 Å². The van der Waals surface area contributed by atoms with Gasteiger partial charge in [0.15, 0.2) is 5.96 Å². The zero-order chi connectivity index (χ0) is 19.3. The molecule has 0 spiro atoms. The van der Waals surface area contributed by atoms with Crippen molar-refractivity contribution in [3.05, 3.63) is 53.4 Å². The van der Waals surface area contributed by atoms with Crippen LogP contribution in [0.3, 0.4) is 0 Å². The molecule has 0 amide bonds. The molecule has 1 aliphatic heterocycles. The van der Waals surface area contributed by atoms with Crippen LogP contribution in [0.25, 0.3) is 0 Å². The summed E-state index contributed by atoms with van der Waals surface area (Å²) in [4.78, 5) is 8.57. The van der Waals surface area contributed by atoms with Crippen LogP contribution in [0.4, 0.5) is 13.2 Å². The van der Waals surface area contributed by atoms with Gasteiger partial charge in [-0.05, 0) is 11.6 Å². The summed E-state index contributed by atoms with van der Waals surface area (Å²) in [5.41, 5.74) is 0.863. The summed E-state index contributed by atoms with van der Waals surface area (Å²) >= 11 is 0. The van der Waals surface area contributed by atoms with Gasteiger partial charge in [-0.3, -0.25) is 9.89 Å². The number of hydrogen-bond donors (Lipinski definition) is 1. The average molecular weight is 381 g/mol. The van der Waals surface area contributed by atoms with Gasteiger partial charge < -0.3 is 14.7 Å². The molecule has 1 aromatic carbocycles. The number of piperazine rings is 1. The van der Waals surface area contributed by atoms with Gasteiger partial charge >= 0.3 is 6.18 Å². The van der Waals surface area contributed by atoms with E-state index in [0.717, 1.165) is 43.9 Å². The largest absolute Gasteiger partial charge is 0.416 e. The number of nitrogens with one attached hydrogen (secondary N) is 1. The number of aromatic nitrogens is 1. The number of halogens is 3. The maximum Gasteiger partial charge on any atom is 0.416 e. The van der Waals surface area contributed by atoms with Gasteiger partial charge in [0.2, 0.25) is 0 Å². The van der Waals surface area contributed by atoms with Crippen molar-refractivity contribution in [1.29, 1.82) is 0 Å². The van der Waals surface area contributed by atoms with Crippen molar-refractivity contribution in [2.45, 2.75) is 19.3 Å². The third kappa shape index (κ3) is 5.22. The van der Waals surface area contributed by atoms with Crippen molar-refractivity contribution in [2.24, 2.45) is 4.99 Å². The summed E-state index contributed by atoms with van der Waals surface area (Å²) in [5.74, 6) is 0.775. The van der Waals surface area contributed by atoms with Crippen LogP contribution in [0.1, 0.15) is 16.8 Å². The molecular formula is C18H22F3N5O. The van der Waals surface area contributed by atoms with Crippen LogP contribution in [-0.2, 0) is 19.3 Å². The van der Waals surface area contributed by atoms with Crippen LogP contribution >= 0.6 is 0 Å². The Hall–Kier alpha value is -2.55. The Kier molecular flexibility index (Phi) is 6.00. The van der Waals surface area contributed by atoms with E-state index in [1.165, 1.54) is 18.4 Å². The second-order valence-electron chi connectivity index (χ2n) is 6.35. The van der Waals surface area contributed by atoms with Crippen LogP contribution in [0, 0.1) is 0 Å². The highest BCUT2D eigenvalue weighted by Gasteiger charge is 2.30. The fraction of sp³-hybridized carbons (Fsp3) is 0.444. The lowest BCUT2D eigenvalue weighted by molar-refractivity contribution is -0.137. The Morgan fingerprint density at radius 1 is 1.22 bits per heavy atom. The topological polar surface area (TPSA) is 56.9 Å². The van der Waals surface area contributed by atoms with E-state index in [2.05, 4.69) is 25.3 Å². The van der Waals surface area contributed by atoms with Crippen LogP contribution in [0.15, 0.2) is 46.1 Å². The Morgan fingerprint density at radius 2 is 2.00 bits per heavy atom. The van der Waals surface area contributed by atoms with Crippen molar-refractivity contribution in [2.75, 3.05) is 33.2 Å². The maximum atomic E-state index is 12.8. The average Bonchev–Trinajstić information content (AvgIpc) is 3.17. The molecule has 0 aliphatic carbocycles. The third-order valence-electron chi connectivity index (χ3n) is 4.46. The Bertz CT molecular complexity index is 753. The fourth-order valence-electron chi connectivity index (χ4n) is 3.05. The predicted octanol–water partition coefficient (Wildman–Crippen LogP) is 2.59. The van der Waals surface area contributed by atoms with E-state index < -0.39 is 11.7 Å². The second-order valence-corrected chi connectivity index (χ2v) is 6.35. The second kappa shape index (κ2) is 8.43. The summed E-state index contributed by atoms with van der Waals surface area (Å²) in [7, 11) is 1.72. The minimum atomic E-state index is -4.31. The van der Waals surface area contributed by atoms with Crippen molar-refractivity contribution in [3.63, 3.8) is 0 Å². The van der Waals surface area contributed by atoms with Gasteiger partial charge in [0.05, 0.1) is 12.1 Å². The van der Waals surface area contributed by atoms with Crippen LogP contribution in [0.2, 0.25) is 0 Å². The highest BCUT2D eigenvalue weighted by molar-refractivity contribution is 5.79. The van der Waals surface area contributed by atoms with Gasteiger partial charge in [-0.15, -0.1) is 0 Å². The highest BCUT2D eigenvalue weighted by atomic mass is 19.4. The van der Waals surface area contributed by atoms with Crippen LogP contribution in [0.5, 0.6) is 0 Å². The van der Waals surface area contributed by atoms with E-state index in [1.54, 1.807) is 19.2 Å². The monoisotopic (exact) mass is 381 g/mol. The van der Waals surface area contributed by atoms with E-state index in [1.807, 2.05) is 0 Å². The third-order valence-corrected chi connectivity index (χ3v) is 4.46. The number of aliphatic imine (C=N–C) groups is 1. The molecule has 0 unspecified atom stereocenters. The maximum absolute atomic E-state index is 12.8. The van der Waals surface area contributed by atoms with Gasteiger partial charge in [-0.2, -0.15) is 13.2 Å². The molecule has 0 bridgehead atoms. The summed E-state index contributed by atoms with van der Waals surface area (Å²) in [6, 6.07) is 7.31. The summed E-state index contributed by atoms with van der Waals surface area (Å²) in [6.07, 6.45) is -2.79. The molecule has 146 valence electrons. The van der Waals surface area contributed by atoms with Crippen molar-refractivity contribution < 1.29 is 17.7 Å². The first-order chi connectivity index (χ1) is 13.0. The lowest BCUT2D eigenvalue weighted by Gasteiger charge is -2.36. The van der Waals surface area contributed by atoms with Gasteiger partial charge in [0.25, 0.3) is 0 Å². The lowest BCUT2D eigenvalue weighted by Crippen LogP contribution is -2.52. The molecule has 1 aromatic heterocycles. The van der Waals surface area contributed by atoms with Crippen molar-refractivity contribution in [1.82, 2.24) is 20.3 Å². The molecule has 1 saturated heterocycles. The zero-order valence-corrected chi connectivity index (χ0v) is 15.0. The minimum Gasteiger partial charge on any atom is -0.364 e. The number of alkyl halides is 3. The summed E-state index contributed by atoms with van der Waals surface area (Å²) < 4.78 is 43.4. The first-order valence-electron chi connectivity index (χ1n) is 8.69. The van der Waals surface area contributed by atoms with E-state index in [4.69, 9.17) is 4.52 Å². The van der Waals surface area contributed by atoms with Crippen LogP contribution in [-0.4, -0.2) is 54.1 Å². The molecule has 1 N–H and O–H groups in total. The summed E-state index contributed by atoms with van der Waals surface area (Å²) in [5, 5.41) is 7.09. The van der Waals surface area contributed by atoms with E-state index in [-0.39, 0.29) is 0 Å². The molecule has 2 heterocycles. The number of benzene rings is 1. The van der Waals surface area contributed by atoms with E-state index in [9.17, 15) is 13.2 Å². The van der Waals surface area contributed by atoms with Gasteiger partial charge in [-0.25, -0.2) is 0 Å². The molecule has 2 aromatic rings. The Balaban J connectivity index is 1.51. The molecule has 0 atom stereocenters. The molecule has 1 fully saturated rings. The van der Waals surface area contributed by atoms with Crippen molar-refractivity contribution in [3.8, 4) is 0 Å².